The summed E-state index contributed by atoms with van der Waals surface area (Å²) in [5, 5.41) is 2.59. The van der Waals surface area contributed by atoms with Crippen LogP contribution in [0.1, 0.15) is 18.4 Å². The summed E-state index contributed by atoms with van der Waals surface area (Å²) in [6.45, 7) is 0.553. The van der Waals surface area contributed by atoms with E-state index in [1.165, 1.54) is 12.1 Å². The molecule has 0 saturated carbocycles. The summed E-state index contributed by atoms with van der Waals surface area (Å²) in [5.74, 6) is -1.30. The Kier molecular flexibility index (Phi) is 4.68. The Bertz CT molecular complexity index is 484. The Morgan fingerprint density at radius 1 is 1.40 bits per heavy atom. The highest BCUT2D eigenvalue weighted by Crippen LogP contribution is 2.13. The Morgan fingerprint density at radius 2 is 2.10 bits per heavy atom. The number of hydrogen-bond acceptors (Lipinski definition) is 3. The number of hydrogen-bond donors (Lipinski definition) is 2. The smallest absolute Gasteiger partial charge is 0.249 e. The van der Waals surface area contributed by atoms with Crippen LogP contribution in [0.3, 0.4) is 0 Å². The second-order valence-corrected chi connectivity index (χ2v) is 4.80. The molecule has 1 aromatic carbocycles. The molecule has 5 nitrogen and oxygen atoms in total. The van der Waals surface area contributed by atoms with Crippen LogP contribution < -0.4 is 11.1 Å². The van der Waals surface area contributed by atoms with Crippen molar-refractivity contribution >= 4 is 11.8 Å². The monoisotopic (exact) mass is 280 g/mol. The van der Waals surface area contributed by atoms with Gasteiger partial charge in [-0.1, -0.05) is 12.1 Å². The molecule has 1 saturated heterocycles. The van der Waals surface area contributed by atoms with Gasteiger partial charge in [-0.15, -0.1) is 0 Å². The number of carbonyl (C=O) groups is 2. The molecule has 1 aliphatic rings. The zero-order chi connectivity index (χ0) is 14.5. The molecule has 6 heteroatoms. The van der Waals surface area contributed by atoms with Gasteiger partial charge in [0.05, 0.1) is 0 Å². The van der Waals surface area contributed by atoms with E-state index in [0.29, 0.717) is 13.0 Å². The van der Waals surface area contributed by atoms with E-state index in [1.54, 1.807) is 12.1 Å². The standard InChI is InChI=1S/C14H17FN2O3/c15-10-5-3-9(4-6-10)8-11(13(16)18)17-14(19)12-2-1-7-20-12/h3-6,11-12H,1-2,7-8H2,(H2,16,18)(H,17,19)/t11-,12-/m1/s1. The Hall–Kier alpha value is -1.95. The lowest BCUT2D eigenvalue weighted by atomic mass is 10.0. The van der Waals surface area contributed by atoms with Crippen molar-refractivity contribution in [1.82, 2.24) is 5.32 Å². The fraction of sp³-hybridized carbons (Fsp3) is 0.429. The largest absolute Gasteiger partial charge is 0.368 e. The van der Waals surface area contributed by atoms with E-state index in [1.807, 2.05) is 0 Å². The number of halogens is 1. The van der Waals surface area contributed by atoms with E-state index in [-0.39, 0.29) is 18.1 Å². The number of rotatable bonds is 5. The van der Waals surface area contributed by atoms with Crippen molar-refractivity contribution in [2.75, 3.05) is 6.61 Å². The van der Waals surface area contributed by atoms with Gasteiger partial charge in [-0.25, -0.2) is 4.39 Å². The molecule has 1 aliphatic heterocycles. The molecular formula is C14H17FN2O3. The minimum atomic E-state index is -0.822. The van der Waals surface area contributed by atoms with Crippen LogP contribution in [0.15, 0.2) is 24.3 Å². The average Bonchev–Trinajstić information content (AvgIpc) is 2.94. The van der Waals surface area contributed by atoms with Gasteiger partial charge in [0.25, 0.3) is 0 Å². The van der Waals surface area contributed by atoms with E-state index < -0.39 is 18.1 Å². The van der Waals surface area contributed by atoms with Gasteiger partial charge in [-0.3, -0.25) is 9.59 Å². The van der Waals surface area contributed by atoms with Crippen LogP contribution in [-0.4, -0.2) is 30.6 Å². The molecule has 0 spiro atoms. The third kappa shape index (κ3) is 3.77. The van der Waals surface area contributed by atoms with Crippen molar-refractivity contribution in [2.45, 2.75) is 31.4 Å². The third-order valence-corrected chi connectivity index (χ3v) is 3.24. The number of ether oxygens (including phenoxy) is 1. The highest BCUT2D eigenvalue weighted by Gasteiger charge is 2.27. The molecule has 108 valence electrons. The molecule has 20 heavy (non-hydrogen) atoms. The minimum absolute atomic E-state index is 0.230. The predicted octanol–water partition coefficient (Wildman–Crippen LogP) is 0.517. The maximum absolute atomic E-state index is 12.8. The molecule has 2 rings (SSSR count). The first-order valence-electron chi connectivity index (χ1n) is 6.52. The summed E-state index contributed by atoms with van der Waals surface area (Å²) in [6.07, 6.45) is 1.20. The van der Waals surface area contributed by atoms with Gasteiger partial charge in [-0.05, 0) is 30.5 Å². The number of nitrogens with two attached hydrogens (primary N) is 1. The van der Waals surface area contributed by atoms with Crippen LogP contribution in [0.25, 0.3) is 0 Å². The Morgan fingerprint density at radius 3 is 2.65 bits per heavy atom. The van der Waals surface area contributed by atoms with E-state index in [0.717, 1.165) is 12.0 Å². The molecular weight excluding hydrogens is 263 g/mol. The zero-order valence-corrected chi connectivity index (χ0v) is 11.0. The summed E-state index contributed by atoms with van der Waals surface area (Å²) in [4.78, 5) is 23.3. The highest BCUT2D eigenvalue weighted by atomic mass is 19.1. The first-order chi connectivity index (χ1) is 9.56. The fourth-order valence-electron chi connectivity index (χ4n) is 2.13. The Balaban J connectivity index is 1.98. The maximum atomic E-state index is 12.8. The quantitative estimate of drug-likeness (QED) is 0.825. The van der Waals surface area contributed by atoms with Gasteiger partial charge < -0.3 is 15.8 Å². The molecule has 0 unspecified atom stereocenters. The molecule has 3 N–H and O–H groups in total. The summed E-state index contributed by atoms with van der Waals surface area (Å²) in [6, 6.07) is 4.90. The molecule has 2 atom stereocenters. The van der Waals surface area contributed by atoms with Crippen LogP contribution in [0, 0.1) is 5.82 Å². The number of nitrogens with one attached hydrogen (secondary N) is 1. The molecule has 0 aromatic heterocycles. The SMILES string of the molecule is NC(=O)[C@@H](Cc1ccc(F)cc1)NC(=O)[C@H]1CCCO1. The first-order valence-corrected chi connectivity index (χ1v) is 6.52. The van der Waals surface area contributed by atoms with Crippen LogP contribution in [0.2, 0.25) is 0 Å². The van der Waals surface area contributed by atoms with Crippen molar-refractivity contribution < 1.29 is 18.7 Å². The molecule has 1 heterocycles. The van der Waals surface area contributed by atoms with E-state index in [9.17, 15) is 14.0 Å². The summed E-state index contributed by atoms with van der Waals surface area (Å²) in [5.41, 5.74) is 6.02. The summed E-state index contributed by atoms with van der Waals surface area (Å²) < 4.78 is 18.1. The second-order valence-electron chi connectivity index (χ2n) is 4.80. The molecule has 0 bridgehead atoms. The first kappa shape index (κ1) is 14.5. The van der Waals surface area contributed by atoms with Gasteiger partial charge in [0, 0.05) is 13.0 Å². The normalized spacial score (nSPS) is 19.6. The molecule has 1 fully saturated rings. The zero-order valence-electron chi connectivity index (χ0n) is 11.0. The van der Waals surface area contributed by atoms with Crippen LogP contribution in [0.5, 0.6) is 0 Å². The number of benzene rings is 1. The number of carbonyl (C=O) groups excluding carboxylic acids is 2. The van der Waals surface area contributed by atoms with E-state index >= 15 is 0 Å². The number of amides is 2. The Labute approximate surface area is 116 Å². The van der Waals surface area contributed by atoms with Crippen LogP contribution in [0.4, 0.5) is 4.39 Å². The minimum Gasteiger partial charge on any atom is -0.368 e. The molecule has 2 amide bonds. The highest BCUT2D eigenvalue weighted by molar-refractivity contribution is 5.88. The lowest BCUT2D eigenvalue weighted by molar-refractivity contribution is -0.133. The van der Waals surface area contributed by atoms with Gasteiger partial charge in [0.2, 0.25) is 11.8 Å². The van der Waals surface area contributed by atoms with Gasteiger partial charge in [-0.2, -0.15) is 0 Å². The van der Waals surface area contributed by atoms with Gasteiger partial charge in [0.15, 0.2) is 0 Å². The molecule has 1 aromatic rings. The summed E-state index contributed by atoms with van der Waals surface area (Å²) in [7, 11) is 0. The molecule has 0 aliphatic carbocycles. The van der Waals surface area contributed by atoms with Gasteiger partial charge in [0.1, 0.15) is 18.0 Å². The van der Waals surface area contributed by atoms with E-state index in [4.69, 9.17) is 10.5 Å². The topological polar surface area (TPSA) is 81.4 Å². The predicted molar refractivity (Wildman–Crippen MR) is 70.2 cm³/mol. The van der Waals surface area contributed by atoms with Crippen LogP contribution >= 0.6 is 0 Å². The van der Waals surface area contributed by atoms with Gasteiger partial charge >= 0.3 is 0 Å². The van der Waals surface area contributed by atoms with Crippen molar-refractivity contribution in [1.29, 1.82) is 0 Å². The van der Waals surface area contributed by atoms with Crippen LogP contribution in [-0.2, 0) is 20.7 Å². The average molecular weight is 280 g/mol. The van der Waals surface area contributed by atoms with Crippen molar-refractivity contribution in [3.05, 3.63) is 35.6 Å². The third-order valence-electron chi connectivity index (χ3n) is 3.24. The lowest BCUT2D eigenvalue weighted by Gasteiger charge is -2.18. The van der Waals surface area contributed by atoms with E-state index in [2.05, 4.69) is 5.32 Å². The fourth-order valence-corrected chi connectivity index (χ4v) is 2.13. The second kappa shape index (κ2) is 6.47. The van der Waals surface area contributed by atoms with Crippen molar-refractivity contribution in [3.8, 4) is 0 Å². The maximum Gasteiger partial charge on any atom is 0.249 e. The molecule has 0 radical (unpaired) electrons. The number of primary amides is 1. The van der Waals surface area contributed by atoms with Crippen molar-refractivity contribution in [2.24, 2.45) is 5.73 Å². The summed E-state index contributed by atoms with van der Waals surface area (Å²) >= 11 is 0. The van der Waals surface area contributed by atoms with Crippen molar-refractivity contribution in [3.63, 3.8) is 0 Å². The lowest BCUT2D eigenvalue weighted by Crippen LogP contribution is -2.49.